The fourth-order valence-corrected chi connectivity index (χ4v) is 4.00. The van der Waals surface area contributed by atoms with Gasteiger partial charge in [0.05, 0.1) is 12.1 Å². The lowest BCUT2D eigenvalue weighted by atomic mass is 10.1. The number of rotatable bonds is 12. The lowest BCUT2D eigenvalue weighted by molar-refractivity contribution is 0.305. The van der Waals surface area contributed by atoms with Crippen LogP contribution in [0.2, 0.25) is 0 Å². The maximum absolute atomic E-state index is 11.7. The minimum atomic E-state index is -0.0000218. The van der Waals surface area contributed by atoms with Gasteiger partial charge in [0.15, 0.2) is 0 Å². The number of benzene rings is 1. The summed E-state index contributed by atoms with van der Waals surface area (Å²) >= 11 is 0. The molecule has 4 aromatic rings. The van der Waals surface area contributed by atoms with Gasteiger partial charge in [-0.2, -0.15) is 0 Å². The Bertz CT molecular complexity index is 1250. The Kier molecular flexibility index (Phi) is 8.41. The molecule has 0 fully saturated rings. The van der Waals surface area contributed by atoms with E-state index in [1.165, 1.54) is 11.1 Å². The SMILES string of the molecule is Cn1c(=O)ccc2cc(OCCCCCNCc3ccnc(CCc4cccnc4)c3)ccc21. The topological polar surface area (TPSA) is 69.0 Å². The maximum atomic E-state index is 11.7. The van der Waals surface area contributed by atoms with E-state index in [2.05, 4.69) is 33.5 Å². The summed E-state index contributed by atoms with van der Waals surface area (Å²) in [5.74, 6) is 0.848. The lowest BCUT2D eigenvalue weighted by Gasteiger charge is -2.09. The minimum absolute atomic E-state index is 0.0000218. The standard InChI is InChI=1S/C28H32N4O2/c1-32-27-11-10-26(19-24(27)8-12-28(32)33)34-17-4-2-3-14-29-21-23-13-16-31-25(18-23)9-7-22-6-5-15-30-20-22/h5-6,8,10-13,15-16,18-20,29H,2-4,7,9,14,17,21H2,1H3. The number of aromatic nitrogens is 3. The van der Waals surface area contributed by atoms with E-state index < -0.39 is 0 Å². The van der Waals surface area contributed by atoms with Crippen molar-refractivity contribution in [2.24, 2.45) is 7.05 Å². The third-order valence-corrected chi connectivity index (χ3v) is 5.97. The van der Waals surface area contributed by atoms with Gasteiger partial charge in [-0.1, -0.05) is 6.07 Å². The van der Waals surface area contributed by atoms with Crippen molar-refractivity contribution in [3.63, 3.8) is 0 Å². The summed E-state index contributed by atoms with van der Waals surface area (Å²) in [5, 5.41) is 4.55. The normalized spacial score (nSPS) is 11.1. The largest absolute Gasteiger partial charge is 0.494 e. The van der Waals surface area contributed by atoms with Gasteiger partial charge < -0.3 is 14.6 Å². The van der Waals surface area contributed by atoms with Crippen LogP contribution in [0, 0.1) is 0 Å². The second-order valence-corrected chi connectivity index (χ2v) is 8.55. The Hall–Kier alpha value is -3.51. The van der Waals surface area contributed by atoms with Crippen molar-refractivity contribution in [1.82, 2.24) is 19.9 Å². The van der Waals surface area contributed by atoms with Crippen LogP contribution in [0.1, 0.15) is 36.1 Å². The fourth-order valence-electron chi connectivity index (χ4n) is 4.00. The molecule has 0 aliphatic heterocycles. The van der Waals surface area contributed by atoms with Crippen molar-refractivity contribution in [2.75, 3.05) is 13.2 Å². The quantitative estimate of drug-likeness (QED) is 0.319. The smallest absolute Gasteiger partial charge is 0.250 e. The molecule has 0 bridgehead atoms. The molecule has 0 spiro atoms. The van der Waals surface area contributed by atoms with Crippen molar-refractivity contribution in [3.8, 4) is 5.75 Å². The molecule has 0 saturated heterocycles. The average Bonchev–Trinajstić information content (AvgIpc) is 2.87. The summed E-state index contributed by atoms with van der Waals surface area (Å²) in [6.07, 6.45) is 10.7. The molecule has 3 heterocycles. The monoisotopic (exact) mass is 456 g/mol. The molecule has 3 aromatic heterocycles. The van der Waals surface area contributed by atoms with Crippen LogP contribution >= 0.6 is 0 Å². The zero-order valence-corrected chi connectivity index (χ0v) is 19.7. The van der Waals surface area contributed by atoms with E-state index >= 15 is 0 Å². The van der Waals surface area contributed by atoms with E-state index in [9.17, 15) is 4.79 Å². The molecule has 0 atom stereocenters. The number of hydrogen-bond donors (Lipinski definition) is 1. The van der Waals surface area contributed by atoms with Gasteiger partial charge >= 0.3 is 0 Å². The highest BCUT2D eigenvalue weighted by Crippen LogP contribution is 2.19. The summed E-state index contributed by atoms with van der Waals surface area (Å²) in [5.41, 5.74) is 4.55. The molecule has 34 heavy (non-hydrogen) atoms. The molecule has 0 amide bonds. The van der Waals surface area contributed by atoms with E-state index in [0.717, 1.165) is 67.5 Å². The molecule has 0 radical (unpaired) electrons. The van der Waals surface area contributed by atoms with Gasteiger partial charge in [-0.05, 0) is 92.2 Å². The van der Waals surface area contributed by atoms with E-state index in [4.69, 9.17) is 4.74 Å². The van der Waals surface area contributed by atoms with E-state index in [1.54, 1.807) is 23.9 Å². The molecule has 0 aliphatic carbocycles. The van der Waals surface area contributed by atoms with Crippen LogP contribution in [-0.4, -0.2) is 27.7 Å². The molecule has 0 saturated carbocycles. The number of ether oxygens (including phenoxy) is 1. The fraction of sp³-hybridized carbons (Fsp3) is 0.321. The van der Waals surface area contributed by atoms with Crippen LogP contribution in [0.15, 0.2) is 78.0 Å². The summed E-state index contributed by atoms with van der Waals surface area (Å²) in [6, 6.07) is 17.7. The van der Waals surface area contributed by atoms with Gasteiger partial charge in [-0.15, -0.1) is 0 Å². The lowest BCUT2D eigenvalue weighted by Crippen LogP contribution is -2.15. The van der Waals surface area contributed by atoms with Crippen LogP contribution in [0.3, 0.4) is 0 Å². The summed E-state index contributed by atoms with van der Waals surface area (Å²) in [7, 11) is 1.79. The second-order valence-electron chi connectivity index (χ2n) is 8.55. The van der Waals surface area contributed by atoms with E-state index in [-0.39, 0.29) is 5.56 Å². The molecule has 6 heteroatoms. The van der Waals surface area contributed by atoms with Gasteiger partial charge in [0.25, 0.3) is 5.56 Å². The first-order chi connectivity index (χ1) is 16.7. The van der Waals surface area contributed by atoms with Gasteiger partial charge in [0, 0.05) is 49.3 Å². The molecular formula is C28H32N4O2. The molecular weight excluding hydrogens is 424 g/mol. The average molecular weight is 457 g/mol. The highest BCUT2D eigenvalue weighted by atomic mass is 16.5. The number of nitrogens with zero attached hydrogens (tertiary/aromatic N) is 3. The van der Waals surface area contributed by atoms with Gasteiger partial charge in [-0.3, -0.25) is 14.8 Å². The molecule has 0 aliphatic rings. The number of fused-ring (bicyclic) bond motifs is 1. The number of nitrogens with one attached hydrogen (secondary N) is 1. The molecule has 4 rings (SSSR count). The van der Waals surface area contributed by atoms with Gasteiger partial charge in [0.1, 0.15) is 5.75 Å². The Morgan fingerprint density at radius 2 is 1.88 bits per heavy atom. The van der Waals surface area contributed by atoms with Crippen molar-refractivity contribution in [2.45, 2.75) is 38.6 Å². The predicted molar refractivity (Wildman–Crippen MR) is 136 cm³/mol. The number of pyridine rings is 3. The van der Waals surface area contributed by atoms with Gasteiger partial charge in [0.2, 0.25) is 0 Å². The van der Waals surface area contributed by atoms with Crippen molar-refractivity contribution < 1.29 is 4.74 Å². The Morgan fingerprint density at radius 3 is 2.76 bits per heavy atom. The van der Waals surface area contributed by atoms with Crippen LogP contribution in [0.5, 0.6) is 5.75 Å². The first-order valence-electron chi connectivity index (χ1n) is 11.9. The minimum Gasteiger partial charge on any atom is -0.494 e. The third-order valence-electron chi connectivity index (χ3n) is 5.97. The summed E-state index contributed by atoms with van der Waals surface area (Å²) in [4.78, 5) is 20.4. The first kappa shape index (κ1) is 23.6. The Morgan fingerprint density at radius 1 is 0.941 bits per heavy atom. The third kappa shape index (κ3) is 6.75. The molecule has 0 unspecified atom stereocenters. The number of aryl methyl sites for hydroxylation is 3. The molecule has 1 N–H and O–H groups in total. The highest BCUT2D eigenvalue weighted by Gasteiger charge is 2.02. The summed E-state index contributed by atoms with van der Waals surface area (Å²) < 4.78 is 7.56. The zero-order valence-electron chi connectivity index (χ0n) is 19.7. The molecule has 6 nitrogen and oxygen atoms in total. The number of hydrogen-bond acceptors (Lipinski definition) is 5. The second kappa shape index (κ2) is 12.1. The van der Waals surface area contributed by atoms with Crippen molar-refractivity contribution in [3.05, 3.63) is 100 Å². The first-order valence-corrected chi connectivity index (χ1v) is 11.9. The van der Waals surface area contributed by atoms with Crippen LogP contribution in [-0.2, 0) is 26.4 Å². The Labute approximate surface area is 200 Å². The number of unbranched alkanes of at least 4 members (excludes halogenated alkanes) is 2. The van der Waals surface area contributed by atoms with Crippen LogP contribution in [0.25, 0.3) is 10.9 Å². The highest BCUT2D eigenvalue weighted by molar-refractivity contribution is 5.80. The van der Waals surface area contributed by atoms with Crippen LogP contribution < -0.4 is 15.6 Å². The van der Waals surface area contributed by atoms with Crippen molar-refractivity contribution >= 4 is 10.9 Å². The van der Waals surface area contributed by atoms with Crippen molar-refractivity contribution in [1.29, 1.82) is 0 Å². The predicted octanol–water partition coefficient (Wildman–Crippen LogP) is 4.45. The van der Waals surface area contributed by atoms with E-state index in [0.29, 0.717) is 6.61 Å². The van der Waals surface area contributed by atoms with Gasteiger partial charge in [-0.25, -0.2) is 0 Å². The molecule has 176 valence electrons. The van der Waals surface area contributed by atoms with E-state index in [1.807, 2.05) is 42.7 Å². The Balaban J connectivity index is 1.11. The van der Waals surface area contributed by atoms with Crippen LogP contribution in [0.4, 0.5) is 0 Å². The zero-order chi connectivity index (χ0) is 23.6. The maximum Gasteiger partial charge on any atom is 0.250 e. The molecule has 1 aromatic carbocycles. The summed E-state index contributed by atoms with van der Waals surface area (Å²) in [6.45, 7) is 2.54.